The number of fused-ring (bicyclic) bond motifs is 1. The van der Waals surface area contributed by atoms with E-state index in [0.717, 1.165) is 30.7 Å². The second-order valence-corrected chi connectivity index (χ2v) is 5.56. The molecule has 3 rings (SSSR count). The zero-order valence-electron chi connectivity index (χ0n) is 12.1. The van der Waals surface area contributed by atoms with Gasteiger partial charge in [0.15, 0.2) is 0 Å². The number of benzene rings is 1. The highest BCUT2D eigenvalue weighted by atomic mass is 16.2. The quantitative estimate of drug-likeness (QED) is 0.818. The first-order valence-electron chi connectivity index (χ1n) is 7.28. The van der Waals surface area contributed by atoms with Gasteiger partial charge >= 0.3 is 5.69 Å². The molecular formula is C15H20N4O2. The first-order valence-corrected chi connectivity index (χ1v) is 7.28. The van der Waals surface area contributed by atoms with Crippen molar-refractivity contribution in [3.8, 4) is 0 Å². The first-order chi connectivity index (χ1) is 10.2. The minimum Gasteiger partial charge on any atom is -0.356 e. The van der Waals surface area contributed by atoms with Crippen molar-refractivity contribution in [1.82, 2.24) is 19.8 Å². The van der Waals surface area contributed by atoms with Crippen LogP contribution in [-0.4, -0.2) is 34.7 Å². The highest BCUT2D eigenvalue weighted by Crippen LogP contribution is 2.11. The molecule has 1 saturated heterocycles. The second kappa shape index (κ2) is 5.73. The molecule has 0 unspecified atom stereocenters. The maximum atomic E-state index is 12.2. The van der Waals surface area contributed by atoms with Gasteiger partial charge < -0.3 is 10.6 Å². The van der Waals surface area contributed by atoms with Gasteiger partial charge in [-0.05, 0) is 12.1 Å². The number of nitrogens with zero attached hydrogens (tertiary/aromatic N) is 2. The van der Waals surface area contributed by atoms with E-state index in [1.165, 1.54) is 0 Å². The fraction of sp³-hybridized carbons (Fsp3) is 0.467. The van der Waals surface area contributed by atoms with E-state index in [9.17, 15) is 9.59 Å². The number of aromatic nitrogens is 2. The van der Waals surface area contributed by atoms with Crippen LogP contribution in [0.4, 0.5) is 0 Å². The Morgan fingerprint density at radius 2 is 2.05 bits per heavy atom. The van der Waals surface area contributed by atoms with Crippen molar-refractivity contribution in [3.05, 3.63) is 34.7 Å². The summed E-state index contributed by atoms with van der Waals surface area (Å²) in [4.78, 5) is 24.1. The average molecular weight is 288 g/mol. The summed E-state index contributed by atoms with van der Waals surface area (Å²) < 4.78 is 3.28. The van der Waals surface area contributed by atoms with Gasteiger partial charge in [0, 0.05) is 45.6 Å². The lowest BCUT2D eigenvalue weighted by Crippen LogP contribution is -2.48. The largest absolute Gasteiger partial charge is 0.356 e. The molecule has 0 spiro atoms. The minimum absolute atomic E-state index is 0.00161. The van der Waals surface area contributed by atoms with Crippen molar-refractivity contribution in [1.29, 1.82) is 0 Å². The predicted octanol–water partition coefficient (Wildman–Crippen LogP) is 0.0657. The molecule has 0 bridgehead atoms. The molecule has 1 fully saturated rings. The number of carbonyl (C=O) groups is 1. The van der Waals surface area contributed by atoms with Gasteiger partial charge in [-0.3, -0.25) is 13.9 Å². The molecule has 0 saturated carbocycles. The molecule has 2 aromatic rings. The van der Waals surface area contributed by atoms with Crippen LogP contribution in [0.25, 0.3) is 11.0 Å². The molecule has 0 aliphatic carbocycles. The number of para-hydroxylation sites is 2. The number of hydrogen-bond acceptors (Lipinski definition) is 3. The van der Waals surface area contributed by atoms with Crippen LogP contribution < -0.4 is 16.3 Å². The molecule has 0 radical (unpaired) electrons. The summed E-state index contributed by atoms with van der Waals surface area (Å²) in [6, 6.07) is 7.64. The van der Waals surface area contributed by atoms with Crippen molar-refractivity contribution in [2.75, 3.05) is 19.6 Å². The van der Waals surface area contributed by atoms with Crippen LogP contribution in [0, 0.1) is 5.92 Å². The van der Waals surface area contributed by atoms with Crippen molar-refractivity contribution in [3.63, 3.8) is 0 Å². The van der Waals surface area contributed by atoms with Gasteiger partial charge in [0.25, 0.3) is 0 Å². The molecule has 1 amide bonds. The summed E-state index contributed by atoms with van der Waals surface area (Å²) in [5.74, 6) is 0.552. The van der Waals surface area contributed by atoms with E-state index >= 15 is 0 Å². The predicted molar refractivity (Wildman–Crippen MR) is 81.2 cm³/mol. The van der Waals surface area contributed by atoms with E-state index in [1.807, 2.05) is 24.3 Å². The molecule has 21 heavy (non-hydrogen) atoms. The Balaban J connectivity index is 1.66. The van der Waals surface area contributed by atoms with E-state index in [2.05, 4.69) is 10.6 Å². The molecular weight excluding hydrogens is 268 g/mol. The van der Waals surface area contributed by atoms with Gasteiger partial charge in [0.2, 0.25) is 5.91 Å². The summed E-state index contributed by atoms with van der Waals surface area (Å²) in [5.41, 5.74) is 1.69. The van der Waals surface area contributed by atoms with Gasteiger partial charge in [-0.25, -0.2) is 4.79 Å². The smallest absolute Gasteiger partial charge is 0.328 e. The van der Waals surface area contributed by atoms with Crippen LogP contribution in [0.5, 0.6) is 0 Å². The Kier molecular flexibility index (Phi) is 3.79. The number of amides is 1. The van der Waals surface area contributed by atoms with E-state index in [-0.39, 0.29) is 11.6 Å². The first kappa shape index (κ1) is 13.9. The third kappa shape index (κ3) is 2.71. The summed E-state index contributed by atoms with van der Waals surface area (Å²) in [7, 11) is 1.75. The average Bonchev–Trinajstić information content (AvgIpc) is 2.68. The lowest BCUT2D eigenvalue weighted by atomic mass is 10.0. The highest BCUT2D eigenvalue weighted by molar-refractivity contribution is 5.77. The van der Waals surface area contributed by atoms with E-state index in [4.69, 9.17) is 0 Å². The second-order valence-electron chi connectivity index (χ2n) is 5.56. The molecule has 1 aromatic heterocycles. The van der Waals surface area contributed by atoms with Crippen LogP contribution in [0.3, 0.4) is 0 Å². The van der Waals surface area contributed by atoms with Crippen LogP contribution in [0.1, 0.15) is 6.42 Å². The van der Waals surface area contributed by atoms with E-state index in [0.29, 0.717) is 18.9 Å². The van der Waals surface area contributed by atoms with Gasteiger partial charge in [0.05, 0.1) is 11.0 Å². The lowest BCUT2D eigenvalue weighted by molar-refractivity contribution is -0.121. The summed E-state index contributed by atoms with van der Waals surface area (Å²) >= 11 is 0. The van der Waals surface area contributed by atoms with E-state index < -0.39 is 0 Å². The number of carbonyl (C=O) groups excluding carboxylic acids is 1. The maximum absolute atomic E-state index is 12.2. The van der Waals surface area contributed by atoms with Crippen molar-refractivity contribution in [2.24, 2.45) is 13.0 Å². The SMILES string of the molecule is Cn1c(=O)n(CCC(=O)NCC2CNC2)c2ccccc21. The Bertz CT molecular complexity index is 712. The standard InChI is InChI=1S/C15H20N4O2/c1-18-12-4-2-3-5-13(12)19(15(18)21)7-6-14(20)17-10-11-8-16-9-11/h2-5,11,16H,6-10H2,1H3,(H,17,20). The Morgan fingerprint density at radius 3 is 2.71 bits per heavy atom. The molecule has 6 nitrogen and oxygen atoms in total. The topological polar surface area (TPSA) is 68.1 Å². The zero-order valence-corrected chi connectivity index (χ0v) is 12.1. The third-order valence-electron chi connectivity index (χ3n) is 4.07. The summed E-state index contributed by atoms with van der Waals surface area (Å²) in [5, 5.41) is 6.10. The number of aryl methyl sites for hydroxylation is 2. The van der Waals surface area contributed by atoms with Crippen LogP contribution in [0.15, 0.2) is 29.1 Å². The monoisotopic (exact) mass is 288 g/mol. The Morgan fingerprint density at radius 1 is 1.33 bits per heavy atom. The van der Waals surface area contributed by atoms with Crippen LogP contribution >= 0.6 is 0 Å². The Labute approximate surface area is 122 Å². The molecule has 1 aliphatic heterocycles. The van der Waals surface area contributed by atoms with Crippen LogP contribution in [0.2, 0.25) is 0 Å². The summed E-state index contributed by atoms with van der Waals surface area (Å²) in [6.07, 6.45) is 0.327. The van der Waals surface area contributed by atoms with E-state index in [1.54, 1.807) is 16.2 Å². The molecule has 1 aromatic carbocycles. The molecule has 2 heterocycles. The number of hydrogen-bond donors (Lipinski definition) is 2. The van der Waals surface area contributed by atoms with Crippen LogP contribution in [-0.2, 0) is 18.4 Å². The van der Waals surface area contributed by atoms with Gasteiger partial charge in [-0.1, -0.05) is 12.1 Å². The Hall–Kier alpha value is -2.08. The minimum atomic E-state index is -0.0767. The van der Waals surface area contributed by atoms with Gasteiger partial charge in [0.1, 0.15) is 0 Å². The fourth-order valence-electron chi connectivity index (χ4n) is 2.63. The van der Waals surface area contributed by atoms with Crippen molar-refractivity contribution < 1.29 is 4.79 Å². The zero-order chi connectivity index (χ0) is 14.8. The maximum Gasteiger partial charge on any atom is 0.328 e. The fourth-order valence-corrected chi connectivity index (χ4v) is 2.63. The number of imidazole rings is 1. The van der Waals surface area contributed by atoms with Gasteiger partial charge in [-0.2, -0.15) is 0 Å². The van der Waals surface area contributed by atoms with Crippen molar-refractivity contribution >= 4 is 16.9 Å². The lowest BCUT2D eigenvalue weighted by Gasteiger charge is -2.27. The number of rotatable bonds is 5. The highest BCUT2D eigenvalue weighted by Gasteiger charge is 2.17. The summed E-state index contributed by atoms with van der Waals surface area (Å²) in [6.45, 7) is 3.08. The number of nitrogens with one attached hydrogen (secondary N) is 2. The van der Waals surface area contributed by atoms with Crippen molar-refractivity contribution in [2.45, 2.75) is 13.0 Å². The molecule has 1 aliphatic rings. The molecule has 112 valence electrons. The molecule has 6 heteroatoms. The van der Waals surface area contributed by atoms with Gasteiger partial charge in [-0.15, -0.1) is 0 Å². The normalized spacial score (nSPS) is 15.1. The molecule has 0 atom stereocenters. The molecule has 2 N–H and O–H groups in total. The third-order valence-corrected chi connectivity index (χ3v) is 4.07.